The number of aromatic nitrogens is 3. The second-order valence-electron chi connectivity index (χ2n) is 16.6. The first kappa shape index (κ1) is 65.0. The summed E-state index contributed by atoms with van der Waals surface area (Å²) in [6.45, 7) is 1.80. The Bertz CT molecular complexity index is 3360. The van der Waals surface area contributed by atoms with Crippen LogP contribution in [0.5, 0.6) is 5.75 Å². The number of fused-ring (bicyclic) bond motifs is 3. The molecule has 18 heteroatoms. The van der Waals surface area contributed by atoms with E-state index in [2.05, 4.69) is 31.0 Å². The molecule has 3 aromatic heterocycles. The minimum atomic E-state index is -0.518. The largest absolute Gasteiger partial charge is 0.483 e. The molecular formula is C60H66N11O6Pd-. The zero-order valence-corrected chi connectivity index (χ0v) is 41.8. The number of carbonyl (C=O) groups excluding carboxylic acids is 1. The van der Waals surface area contributed by atoms with Gasteiger partial charge in [0.25, 0.3) is 11.4 Å². The van der Waals surface area contributed by atoms with Gasteiger partial charge in [-0.2, -0.15) is 0 Å². The van der Waals surface area contributed by atoms with Crippen LogP contribution in [0.4, 0.5) is 45.5 Å². The van der Waals surface area contributed by atoms with Crippen LogP contribution in [-0.4, -0.2) is 53.8 Å². The van der Waals surface area contributed by atoms with E-state index in [9.17, 15) is 25.0 Å². The third kappa shape index (κ3) is 17.0. The van der Waals surface area contributed by atoms with Crippen LogP contribution in [-0.2, 0) is 50.9 Å². The molecule has 3 aliphatic rings. The van der Waals surface area contributed by atoms with Crippen LogP contribution in [0.25, 0.3) is 0 Å². The summed E-state index contributed by atoms with van der Waals surface area (Å²) < 4.78 is 5.74. The summed E-state index contributed by atoms with van der Waals surface area (Å²) in [6.07, 6.45) is 12.8. The Kier molecular flexibility index (Phi) is 25.4. The first-order valence-electron chi connectivity index (χ1n) is 22.6. The Morgan fingerprint density at radius 1 is 0.538 bits per heavy atom. The number of nitrogens with zero attached hydrogens (tertiary/aromatic N) is 8. The van der Waals surface area contributed by atoms with E-state index in [1.807, 2.05) is 97.1 Å². The van der Waals surface area contributed by atoms with E-state index in [1.54, 1.807) is 50.2 Å². The number of aliphatic imine (C=N–C) groups is 3. The molecule has 0 spiro atoms. The quantitative estimate of drug-likeness (QED) is 0.0379. The summed E-state index contributed by atoms with van der Waals surface area (Å²) in [6, 6.07) is 41.8. The summed E-state index contributed by atoms with van der Waals surface area (Å²) in [7, 11) is 0. The fraction of sp³-hybridized carbons (Fsp3) is 0.167. The number of nitrogens with two attached hydrogens (primary N) is 3. The molecule has 0 radical (unpaired) electrons. The molecule has 3 aliphatic heterocycles. The van der Waals surface area contributed by atoms with Gasteiger partial charge in [0.2, 0.25) is 0 Å². The number of hydrogen-bond acceptors (Lipinski definition) is 15. The topological polar surface area (TPSA) is 266 Å². The number of carbonyl (C=O) groups is 1. The number of anilines is 3. The number of rotatable bonds is 10. The van der Waals surface area contributed by atoms with Crippen molar-refractivity contribution in [3.63, 3.8) is 0 Å². The molecule has 0 saturated carbocycles. The number of non-ortho nitro benzene ring substituents is 2. The summed E-state index contributed by atoms with van der Waals surface area (Å²) in [5.74, 6) is 0.773. The second kappa shape index (κ2) is 30.4. The van der Waals surface area contributed by atoms with Gasteiger partial charge >= 0.3 is 0 Å². The van der Waals surface area contributed by atoms with E-state index in [4.69, 9.17) is 26.9 Å². The van der Waals surface area contributed by atoms with Gasteiger partial charge < -0.3 is 29.4 Å². The van der Waals surface area contributed by atoms with Crippen LogP contribution in [0.2, 0.25) is 0 Å². The Morgan fingerprint density at radius 2 is 0.987 bits per heavy atom. The molecule has 78 heavy (non-hydrogen) atoms. The molecule has 1 atom stereocenters. The van der Waals surface area contributed by atoms with Crippen molar-refractivity contribution in [1.29, 1.82) is 0 Å². The minimum Gasteiger partial charge on any atom is -0.483 e. The van der Waals surface area contributed by atoms with E-state index in [-0.39, 0.29) is 80.4 Å². The first-order valence-corrected chi connectivity index (χ1v) is 22.6. The average Bonchev–Trinajstić information content (AvgIpc) is 4.16. The SMILES string of the molecule is C.C.C.C.CC(Oc1ccccc1)C(=O)Cc1ccc2c(c1)CC(c1ccncc1)=N2.Nc1ccc([N+](=O)[O-])cc1N.Nc1ccc2c(c1)N=C(c1ccncc1)C2.O=[N+]([O-])c1ccc2c(c1)N=C(c1ccncc1)C2.[CH3-].[Pd]. The number of ketones is 1. The predicted octanol–water partition coefficient (Wildman–Crippen LogP) is 13.1. The van der Waals surface area contributed by atoms with Gasteiger partial charge in [0, 0.05) is 113 Å². The summed E-state index contributed by atoms with van der Waals surface area (Å²) in [5, 5.41) is 20.9. The second-order valence-corrected chi connectivity index (χ2v) is 16.6. The normalized spacial score (nSPS) is 11.8. The van der Waals surface area contributed by atoms with Crippen molar-refractivity contribution in [3.05, 3.63) is 243 Å². The molecular weight excluding hydrogens is 1080 g/mol. The van der Waals surface area contributed by atoms with Gasteiger partial charge in [-0.1, -0.05) is 66.1 Å². The summed E-state index contributed by atoms with van der Waals surface area (Å²) >= 11 is 0. The van der Waals surface area contributed by atoms with Crippen LogP contribution in [0.3, 0.4) is 0 Å². The molecule has 6 N–H and O–H groups in total. The average molecular weight is 1140 g/mol. The maximum atomic E-state index is 12.5. The Hall–Kier alpha value is -9.11. The number of nitro benzene ring substituents is 2. The zero-order valence-electron chi connectivity index (χ0n) is 40.2. The molecule has 17 nitrogen and oxygen atoms in total. The smallest absolute Gasteiger partial charge is 0.271 e. The molecule has 1 unspecified atom stereocenters. The third-order valence-electron chi connectivity index (χ3n) is 11.6. The molecule has 0 saturated heterocycles. The number of benzene rings is 5. The van der Waals surface area contributed by atoms with Crippen LogP contribution in [0, 0.1) is 27.7 Å². The molecule has 6 heterocycles. The fourth-order valence-corrected chi connectivity index (χ4v) is 7.77. The van der Waals surface area contributed by atoms with E-state index in [1.165, 1.54) is 35.9 Å². The molecule has 408 valence electrons. The molecule has 8 aromatic rings. The number of para-hydroxylation sites is 1. The van der Waals surface area contributed by atoms with Crippen molar-refractivity contribution in [2.24, 2.45) is 15.0 Å². The van der Waals surface area contributed by atoms with Gasteiger partial charge in [-0.3, -0.25) is 55.0 Å². The molecule has 0 aliphatic carbocycles. The van der Waals surface area contributed by atoms with E-state index in [0.29, 0.717) is 30.0 Å². The molecule has 0 amide bonds. The maximum absolute atomic E-state index is 12.5. The molecule has 0 bridgehead atoms. The third-order valence-corrected chi connectivity index (χ3v) is 11.6. The standard InChI is InChI=1S/C23H20N2O2.C13H9N3O2.C13H11N3.C6H7N3O2.4CH4.CH3.Pd/c1-16(27-20-5-3-2-4-6-20)23(26)14-17-7-8-21-19(13-17)15-22(25-21)18-9-11-24-12-10-18;17-16(18)11-2-1-10-7-12(15-13(10)8-11)9-3-5-14-6-4-9;14-11-2-1-10-7-12(16-13(10)8-11)9-3-5-15-6-4-9;7-5-2-1-4(9(10)11)3-6(5)8;;;;;;/h2-13,16H,14-15H2,1H3;1-6,8H,7H2;1-6,8H,7,14H2;1-3H,7-8H2;4*1H4;1H3;/q;;;;;;;;-1;. The van der Waals surface area contributed by atoms with Crippen LogP contribution in [0.1, 0.15) is 75.6 Å². The summed E-state index contributed by atoms with van der Waals surface area (Å²) in [5.41, 5.74) is 31.1. The van der Waals surface area contributed by atoms with Gasteiger partial charge in [0.1, 0.15) is 5.75 Å². The predicted molar refractivity (Wildman–Crippen MR) is 313 cm³/mol. The van der Waals surface area contributed by atoms with Gasteiger partial charge in [-0.05, 0) is 125 Å². The van der Waals surface area contributed by atoms with E-state index < -0.39 is 16.0 Å². The van der Waals surface area contributed by atoms with Crippen LogP contribution >= 0.6 is 0 Å². The number of hydrogen-bond donors (Lipinski definition) is 3. The van der Waals surface area contributed by atoms with Crippen LogP contribution in [0.15, 0.2) is 192 Å². The van der Waals surface area contributed by atoms with E-state index in [0.717, 1.165) is 80.4 Å². The van der Waals surface area contributed by atoms with Gasteiger partial charge in [-0.25, -0.2) is 0 Å². The number of ether oxygens (including phenoxy) is 1. The fourth-order valence-electron chi connectivity index (χ4n) is 7.77. The Labute approximate surface area is 470 Å². The molecule has 0 fully saturated rings. The first-order chi connectivity index (χ1) is 34.9. The van der Waals surface area contributed by atoms with Crippen molar-refractivity contribution in [2.45, 2.75) is 68.4 Å². The van der Waals surface area contributed by atoms with Crippen molar-refractivity contribution in [3.8, 4) is 5.75 Å². The minimum absolute atomic E-state index is 0. The number of Topliss-reactive ketones (excluding diaryl/α,β-unsaturated/α-hetero) is 1. The number of nitrogen functional groups attached to an aromatic ring is 3. The van der Waals surface area contributed by atoms with Crippen molar-refractivity contribution < 1.29 is 39.8 Å². The Balaban J connectivity index is 0.000000362. The number of nitro groups is 2. The molecule has 11 rings (SSSR count). The number of pyridine rings is 3. The Morgan fingerprint density at radius 3 is 1.49 bits per heavy atom. The van der Waals surface area contributed by atoms with Gasteiger partial charge in [0.15, 0.2) is 11.9 Å². The van der Waals surface area contributed by atoms with Crippen molar-refractivity contribution >= 4 is 68.4 Å². The molecule has 5 aromatic carbocycles. The van der Waals surface area contributed by atoms with Gasteiger partial charge in [0.05, 0.1) is 55.4 Å². The van der Waals surface area contributed by atoms with Crippen molar-refractivity contribution in [1.82, 2.24) is 15.0 Å². The summed E-state index contributed by atoms with van der Waals surface area (Å²) in [4.78, 5) is 58.3. The maximum Gasteiger partial charge on any atom is 0.271 e. The van der Waals surface area contributed by atoms with Crippen LogP contribution < -0.4 is 21.9 Å². The van der Waals surface area contributed by atoms with E-state index >= 15 is 0 Å². The monoisotopic (exact) mass is 1140 g/mol. The van der Waals surface area contributed by atoms with Gasteiger partial charge in [-0.15, -0.1) is 0 Å². The van der Waals surface area contributed by atoms with Crippen molar-refractivity contribution in [2.75, 3.05) is 17.2 Å². The zero-order chi connectivity index (χ0) is 50.6.